The van der Waals surface area contributed by atoms with E-state index in [1.54, 1.807) is 29.2 Å². The Bertz CT molecular complexity index is 1540. The van der Waals surface area contributed by atoms with Crippen molar-refractivity contribution in [3.05, 3.63) is 94.5 Å². The Morgan fingerprint density at radius 3 is 2.42 bits per heavy atom. The molecule has 43 heavy (non-hydrogen) atoms. The number of anilines is 2. The van der Waals surface area contributed by atoms with E-state index in [0.717, 1.165) is 28.8 Å². The topological polar surface area (TPSA) is 111 Å². The average molecular weight is 624 g/mol. The summed E-state index contributed by atoms with van der Waals surface area (Å²) in [5.41, 5.74) is 4.28. The Morgan fingerprint density at radius 2 is 1.67 bits per heavy atom. The molecular formula is C32H38ClN5O4S. The summed E-state index contributed by atoms with van der Waals surface area (Å²) in [7, 11) is -3.45. The number of para-hydroxylation sites is 2. The quantitative estimate of drug-likeness (QED) is 0.317. The second-order valence-corrected chi connectivity index (χ2v) is 13.3. The lowest BCUT2D eigenvalue weighted by Crippen LogP contribution is -2.57. The molecule has 2 heterocycles. The zero-order valence-electron chi connectivity index (χ0n) is 24.3. The third kappa shape index (κ3) is 7.68. The summed E-state index contributed by atoms with van der Waals surface area (Å²) in [5.74, 6) is -0.331. The Kier molecular flexibility index (Phi) is 9.90. The van der Waals surface area contributed by atoms with Gasteiger partial charge in [-0.2, -0.15) is 0 Å². The molecule has 1 saturated heterocycles. The normalized spacial score (nSPS) is 17.6. The first-order valence-electron chi connectivity index (χ1n) is 14.7. The zero-order chi connectivity index (χ0) is 30.4. The third-order valence-electron chi connectivity index (χ3n) is 7.91. The number of carbonyl (C=O) groups is 2. The molecule has 0 bridgehead atoms. The minimum Gasteiger partial charge on any atom is -0.366 e. The van der Waals surface area contributed by atoms with E-state index >= 15 is 0 Å². The van der Waals surface area contributed by atoms with E-state index in [-0.39, 0.29) is 17.6 Å². The van der Waals surface area contributed by atoms with Crippen molar-refractivity contribution in [2.24, 2.45) is 0 Å². The summed E-state index contributed by atoms with van der Waals surface area (Å²) in [6, 6.07) is 21.2. The van der Waals surface area contributed by atoms with Gasteiger partial charge in [0, 0.05) is 44.2 Å². The van der Waals surface area contributed by atoms with E-state index in [9.17, 15) is 18.0 Å². The average Bonchev–Trinajstić information content (AvgIpc) is 3.01. The number of rotatable bonds is 10. The molecule has 2 atom stereocenters. The first kappa shape index (κ1) is 30.8. The lowest BCUT2D eigenvalue weighted by Gasteiger charge is -2.38. The van der Waals surface area contributed by atoms with Crippen molar-refractivity contribution in [3.8, 4) is 0 Å². The van der Waals surface area contributed by atoms with Crippen LogP contribution in [0.1, 0.15) is 36.1 Å². The minimum absolute atomic E-state index is 0.0479. The fourth-order valence-electron chi connectivity index (χ4n) is 5.76. The summed E-state index contributed by atoms with van der Waals surface area (Å²) in [6.07, 6.45) is 1.70. The predicted octanol–water partition coefficient (Wildman–Crippen LogP) is 3.75. The molecule has 228 valence electrons. The van der Waals surface area contributed by atoms with Gasteiger partial charge in [-0.15, -0.1) is 0 Å². The number of halogens is 1. The van der Waals surface area contributed by atoms with Crippen molar-refractivity contribution >= 4 is 44.8 Å². The maximum absolute atomic E-state index is 14.0. The van der Waals surface area contributed by atoms with Gasteiger partial charge in [0.1, 0.15) is 12.1 Å². The van der Waals surface area contributed by atoms with Crippen molar-refractivity contribution in [3.63, 3.8) is 0 Å². The van der Waals surface area contributed by atoms with Crippen molar-refractivity contribution in [1.82, 2.24) is 15.5 Å². The van der Waals surface area contributed by atoms with E-state index in [1.807, 2.05) is 55.5 Å². The number of nitrogens with zero attached hydrogens (tertiary/aromatic N) is 2. The highest BCUT2D eigenvalue weighted by Crippen LogP contribution is 2.28. The fourth-order valence-corrected chi connectivity index (χ4v) is 7.03. The first-order valence-corrected chi connectivity index (χ1v) is 16.8. The van der Waals surface area contributed by atoms with E-state index in [0.29, 0.717) is 56.3 Å². The standard InChI is InChI=1S/C32H38ClN5O4S/c1-2-21-43(41,42)36-27-9-5-6-10-29(27)37-17-19-38(20-18-37)32(40)28(22-23-11-13-25(33)14-12-23)35-31(39)30-26-8-4-3-7-24(26)15-16-34-30/h3-14,28,30,34,36H,2,15-22H2,1H3,(H,35,39)/t28-,30?/m1/s1. The number of carbonyl (C=O) groups excluding carboxylic acids is 2. The van der Waals surface area contributed by atoms with Crippen LogP contribution in [0.4, 0.5) is 11.4 Å². The van der Waals surface area contributed by atoms with E-state index in [2.05, 4.69) is 20.3 Å². The largest absolute Gasteiger partial charge is 0.366 e. The Balaban J connectivity index is 1.30. The number of fused-ring (bicyclic) bond motifs is 1. The zero-order valence-corrected chi connectivity index (χ0v) is 25.8. The maximum atomic E-state index is 14.0. The first-order chi connectivity index (χ1) is 20.7. The van der Waals surface area contributed by atoms with Gasteiger partial charge in [-0.1, -0.05) is 67.1 Å². The van der Waals surface area contributed by atoms with Crippen molar-refractivity contribution in [2.45, 2.75) is 38.3 Å². The van der Waals surface area contributed by atoms with Gasteiger partial charge in [-0.3, -0.25) is 14.3 Å². The lowest BCUT2D eigenvalue weighted by atomic mass is 9.93. The smallest absolute Gasteiger partial charge is 0.245 e. The van der Waals surface area contributed by atoms with Crippen molar-refractivity contribution in [2.75, 3.05) is 48.1 Å². The number of piperazine rings is 1. The molecule has 0 aliphatic carbocycles. The number of hydrogen-bond donors (Lipinski definition) is 3. The molecule has 1 fully saturated rings. The number of amides is 2. The van der Waals surface area contributed by atoms with E-state index in [4.69, 9.17) is 11.6 Å². The predicted molar refractivity (Wildman–Crippen MR) is 171 cm³/mol. The monoisotopic (exact) mass is 623 g/mol. The van der Waals surface area contributed by atoms with Crippen LogP contribution in [-0.2, 0) is 32.5 Å². The van der Waals surface area contributed by atoms with Gasteiger partial charge < -0.3 is 20.4 Å². The molecule has 2 aliphatic heterocycles. The van der Waals surface area contributed by atoms with Crippen LogP contribution in [0, 0.1) is 0 Å². The third-order valence-corrected chi connectivity index (χ3v) is 9.64. The van der Waals surface area contributed by atoms with Crippen LogP contribution in [0.15, 0.2) is 72.8 Å². The molecule has 2 amide bonds. The summed E-state index contributed by atoms with van der Waals surface area (Å²) < 4.78 is 27.6. The van der Waals surface area contributed by atoms with Crippen LogP contribution < -0.4 is 20.3 Å². The van der Waals surface area contributed by atoms with Crippen LogP contribution in [0.5, 0.6) is 0 Å². The Hall–Kier alpha value is -3.60. The van der Waals surface area contributed by atoms with Gasteiger partial charge >= 0.3 is 0 Å². The second kappa shape index (κ2) is 13.8. The minimum atomic E-state index is -3.45. The summed E-state index contributed by atoms with van der Waals surface area (Å²) >= 11 is 6.10. The molecule has 3 aromatic carbocycles. The number of hydrogen-bond acceptors (Lipinski definition) is 6. The van der Waals surface area contributed by atoms with Crippen molar-refractivity contribution < 1.29 is 18.0 Å². The summed E-state index contributed by atoms with van der Waals surface area (Å²) in [6.45, 7) is 4.44. The molecule has 11 heteroatoms. The van der Waals surface area contributed by atoms with Gasteiger partial charge in [0.2, 0.25) is 21.8 Å². The number of sulfonamides is 1. The maximum Gasteiger partial charge on any atom is 0.245 e. The molecule has 9 nitrogen and oxygen atoms in total. The van der Waals surface area contributed by atoms with Gasteiger partial charge in [0.15, 0.2) is 0 Å². The lowest BCUT2D eigenvalue weighted by molar-refractivity contribution is -0.137. The Labute approximate surface area is 258 Å². The van der Waals surface area contributed by atoms with E-state index < -0.39 is 22.1 Å². The fraction of sp³-hybridized carbons (Fsp3) is 0.375. The highest BCUT2D eigenvalue weighted by atomic mass is 35.5. The molecule has 0 aromatic heterocycles. The highest BCUT2D eigenvalue weighted by Gasteiger charge is 2.33. The summed E-state index contributed by atoms with van der Waals surface area (Å²) in [5, 5.41) is 6.98. The van der Waals surface area contributed by atoms with Crippen molar-refractivity contribution in [1.29, 1.82) is 0 Å². The Morgan fingerprint density at radius 1 is 0.977 bits per heavy atom. The summed E-state index contributed by atoms with van der Waals surface area (Å²) in [4.78, 5) is 31.4. The second-order valence-electron chi connectivity index (χ2n) is 11.0. The number of benzene rings is 3. The molecule has 0 saturated carbocycles. The van der Waals surface area contributed by atoms with E-state index in [1.165, 1.54) is 0 Å². The molecule has 0 radical (unpaired) electrons. The van der Waals surface area contributed by atoms with Crippen LogP contribution in [0.25, 0.3) is 0 Å². The molecule has 0 spiro atoms. The van der Waals surface area contributed by atoms with Gasteiger partial charge in [-0.25, -0.2) is 8.42 Å². The molecular weight excluding hydrogens is 586 g/mol. The molecule has 3 aromatic rings. The van der Waals surface area contributed by atoms with Gasteiger partial charge in [-0.05, 0) is 53.8 Å². The van der Waals surface area contributed by atoms with Crippen LogP contribution >= 0.6 is 11.6 Å². The SMILES string of the molecule is CCCS(=O)(=O)Nc1ccccc1N1CCN(C(=O)[C@@H](Cc2ccc(Cl)cc2)NC(=O)C2NCCc3ccccc32)CC1. The molecule has 2 aliphatic rings. The molecule has 5 rings (SSSR count). The van der Waals surface area contributed by atoms with Gasteiger partial charge in [0.05, 0.1) is 17.1 Å². The molecule has 3 N–H and O–H groups in total. The van der Waals surface area contributed by atoms with Crippen LogP contribution in [0.2, 0.25) is 5.02 Å². The van der Waals surface area contributed by atoms with Gasteiger partial charge in [0.25, 0.3) is 0 Å². The van der Waals surface area contributed by atoms with Crippen LogP contribution in [-0.4, -0.2) is 69.7 Å². The van der Waals surface area contributed by atoms with Crippen LogP contribution in [0.3, 0.4) is 0 Å². The highest BCUT2D eigenvalue weighted by molar-refractivity contribution is 7.92. The molecule has 1 unspecified atom stereocenters. The number of nitrogens with one attached hydrogen (secondary N) is 3.